The Morgan fingerprint density at radius 2 is 1.82 bits per heavy atom. The number of aliphatic imine (C=N–C) groups is 1. The zero-order valence-corrected chi connectivity index (χ0v) is 18.7. The SMILES string of the molecule is C=Nc1nc(Cl)nc2c1ncn2CCCCOC(=O)NCc1ccc(-c2ccccc2)cc1. The minimum atomic E-state index is -0.434. The number of aromatic nitrogens is 4. The Balaban J connectivity index is 1.18. The number of nitrogens with one attached hydrogen (secondary N) is 1. The lowest BCUT2D eigenvalue weighted by molar-refractivity contribution is 0.143. The molecule has 0 bridgehead atoms. The topological polar surface area (TPSA) is 94.3 Å². The van der Waals surface area contributed by atoms with Crippen molar-refractivity contribution in [2.45, 2.75) is 25.9 Å². The molecule has 1 amide bonds. The molecular weight excluding hydrogens is 440 g/mol. The van der Waals surface area contributed by atoms with Crippen molar-refractivity contribution >= 4 is 41.4 Å². The highest BCUT2D eigenvalue weighted by Gasteiger charge is 2.11. The number of benzene rings is 2. The van der Waals surface area contributed by atoms with E-state index in [0.717, 1.165) is 23.1 Å². The van der Waals surface area contributed by atoms with Crippen LogP contribution in [0.2, 0.25) is 5.28 Å². The van der Waals surface area contributed by atoms with Crippen molar-refractivity contribution in [2.24, 2.45) is 4.99 Å². The number of nitrogens with zero attached hydrogens (tertiary/aromatic N) is 5. The average molecular weight is 463 g/mol. The molecular formula is C24H23ClN6O2. The second-order valence-corrected chi connectivity index (χ2v) is 7.68. The van der Waals surface area contributed by atoms with E-state index in [-0.39, 0.29) is 5.28 Å². The van der Waals surface area contributed by atoms with Crippen molar-refractivity contribution in [1.29, 1.82) is 0 Å². The van der Waals surface area contributed by atoms with E-state index in [9.17, 15) is 4.79 Å². The number of ether oxygens (including phenoxy) is 1. The number of carbonyl (C=O) groups is 1. The van der Waals surface area contributed by atoms with Crippen LogP contribution < -0.4 is 5.32 Å². The van der Waals surface area contributed by atoms with Crippen LogP contribution in [0.5, 0.6) is 0 Å². The van der Waals surface area contributed by atoms with E-state index in [1.807, 2.05) is 47.0 Å². The van der Waals surface area contributed by atoms with Crippen LogP contribution in [-0.4, -0.2) is 38.9 Å². The quantitative estimate of drug-likeness (QED) is 0.210. The maximum absolute atomic E-state index is 12.0. The Kier molecular flexibility index (Phi) is 7.26. The molecule has 0 radical (unpaired) electrons. The Morgan fingerprint density at radius 3 is 2.58 bits per heavy atom. The van der Waals surface area contributed by atoms with E-state index < -0.39 is 6.09 Å². The first kappa shape index (κ1) is 22.4. The smallest absolute Gasteiger partial charge is 0.407 e. The maximum Gasteiger partial charge on any atom is 0.407 e. The van der Waals surface area contributed by atoms with Crippen molar-refractivity contribution in [2.75, 3.05) is 6.61 Å². The summed E-state index contributed by atoms with van der Waals surface area (Å²) in [4.78, 5) is 28.3. The summed E-state index contributed by atoms with van der Waals surface area (Å²) in [6.45, 7) is 4.87. The number of hydrogen-bond donors (Lipinski definition) is 1. The van der Waals surface area contributed by atoms with Gasteiger partial charge >= 0.3 is 6.09 Å². The first-order chi connectivity index (χ1) is 16.1. The largest absolute Gasteiger partial charge is 0.450 e. The summed E-state index contributed by atoms with van der Waals surface area (Å²) in [6.07, 6.45) is 2.71. The fourth-order valence-corrected chi connectivity index (χ4v) is 3.56. The van der Waals surface area contributed by atoms with Crippen molar-refractivity contribution in [3.05, 3.63) is 71.8 Å². The Bertz CT molecular complexity index is 1240. The number of carbonyl (C=O) groups excluding carboxylic acids is 1. The van der Waals surface area contributed by atoms with Crippen LogP contribution in [-0.2, 0) is 17.8 Å². The average Bonchev–Trinajstić information content (AvgIpc) is 3.25. The van der Waals surface area contributed by atoms with Gasteiger partial charge in [0.2, 0.25) is 5.28 Å². The molecule has 0 spiro atoms. The van der Waals surface area contributed by atoms with Gasteiger partial charge in [0.15, 0.2) is 17.0 Å². The molecule has 0 aliphatic rings. The van der Waals surface area contributed by atoms with Gasteiger partial charge < -0.3 is 14.6 Å². The molecule has 0 saturated heterocycles. The molecule has 8 nitrogen and oxygen atoms in total. The molecule has 33 heavy (non-hydrogen) atoms. The molecule has 9 heteroatoms. The zero-order valence-electron chi connectivity index (χ0n) is 17.9. The predicted molar refractivity (Wildman–Crippen MR) is 129 cm³/mol. The zero-order chi connectivity index (χ0) is 23.0. The summed E-state index contributed by atoms with van der Waals surface area (Å²) in [6, 6.07) is 18.2. The number of fused-ring (bicyclic) bond motifs is 1. The van der Waals surface area contributed by atoms with E-state index in [4.69, 9.17) is 16.3 Å². The summed E-state index contributed by atoms with van der Waals surface area (Å²) < 4.78 is 7.15. The molecule has 2 aromatic carbocycles. The molecule has 1 N–H and O–H groups in total. The lowest BCUT2D eigenvalue weighted by atomic mass is 10.0. The second kappa shape index (κ2) is 10.7. The Labute approximate surface area is 196 Å². The molecule has 4 rings (SSSR count). The first-order valence-corrected chi connectivity index (χ1v) is 10.9. The van der Waals surface area contributed by atoms with Crippen molar-refractivity contribution < 1.29 is 9.53 Å². The van der Waals surface area contributed by atoms with Crippen molar-refractivity contribution in [1.82, 2.24) is 24.8 Å². The van der Waals surface area contributed by atoms with Gasteiger partial charge in [0.05, 0.1) is 12.9 Å². The van der Waals surface area contributed by atoms with Crippen molar-refractivity contribution in [3.63, 3.8) is 0 Å². The molecule has 4 aromatic rings. The number of imidazole rings is 1. The monoisotopic (exact) mass is 462 g/mol. The van der Waals surface area contributed by atoms with Crippen LogP contribution >= 0.6 is 11.6 Å². The fraction of sp³-hybridized carbons (Fsp3) is 0.208. The van der Waals surface area contributed by atoms with Gasteiger partial charge in [-0.3, -0.25) is 0 Å². The molecule has 0 aliphatic carbocycles. The third-order valence-electron chi connectivity index (χ3n) is 5.09. The van der Waals surface area contributed by atoms with Crippen LogP contribution in [0.25, 0.3) is 22.3 Å². The third kappa shape index (κ3) is 5.72. The molecule has 0 unspecified atom stereocenters. The molecule has 0 fully saturated rings. The minimum absolute atomic E-state index is 0.0985. The van der Waals surface area contributed by atoms with E-state index in [0.29, 0.717) is 43.1 Å². The number of alkyl carbamates (subject to hydrolysis) is 1. The van der Waals surface area contributed by atoms with E-state index in [1.54, 1.807) is 6.33 Å². The van der Waals surface area contributed by atoms with E-state index >= 15 is 0 Å². The summed E-state index contributed by atoms with van der Waals surface area (Å²) in [7, 11) is 0. The van der Waals surface area contributed by atoms with Gasteiger partial charge in [-0.1, -0.05) is 54.6 Å². The van der Waals surface area contributed by atoms with Crippen LogP contribution in [0.3, 0.4) is 0 Å². The van der Waals surface area contributed by atoms with Crippen LogP contribution in [0, 0.1) is 0 Å². The molecule has 168 valence electrons. The molecule has 0 aliphatic heterocycles. The number of rotatable bonds is 9. The Morgan fingerprint density at radius 1 is 1.06 bits per heavy atom. The number of hydrogen-bond acceptors (Lipinski definition) is 6. The molecule has 0 atom stereocenters. The van der Waals surface area contributed by atoms with Crippen LogP contribution in [0.15, 0.2) is 65.9 Å². The van der Waals surface area contributed by atoms with Gasteiger partial charge in [-0.15, -0.1) is 0 Å². The van der Waals surface area contributed by atoms with Gasteiger partial charge in [-0.25, -0.2) is 14.8 Å². The third-order valence-corrected chi connectivity index (χ3v) is 5.26. The highest BCUT2D eigenvalue weighted by atomic mass is 35.5. The van der Waals surface area contributed by atoms with Gasteiger partial charge in [0.25, 0.3) is 0 Å². The summed E-state index contributed by atoms with van der Waals surface area (Å²) >= 11 is 5.94. The number of halogens is 1. The normalized spacial score (nSPS) is 10.8. The summed E-state index contributed by atoms with van der Waals surface area (Å²) in [5.41, 5.74) is 4.47. The number of unbranched alkanes of at least 4 members (excludes halogenated alkanes) is 1. The molecule has 2 aromatic heterocycles. The van der Waals surface area contributed by atoms with Gasteiger partial charge in [-0.2, -0.15) is 9.97 Å². The maximum atomic E-state index is 12.0. The molecule has 0 saturated carbocycles. The van der Waals surface area contributed by atoms with Crippen LogP contribution in [0.1, 0.15) is 18.4 Å². The highest BCUT2D eigenvalue weighted by molar-refractivity contribution is 6.28. The van der Waals surface area contributed by atoms with Crippen LogP contribution in [0.4, 0.5) is 10.6 Å². The van der Waals surface area contributed by atoms with Gasteiger partial charge in [0, 0.05) is 13.1 Å². The summed E-state index contributed by atoms with van der Waals surface area (Å²) in [5, 5.41) is 2.88. The van der Waals surface area contributed by atoms with Gasteiger partial charge in [-0.05, 0) is 47.9 Å². The summed E-state index contributed by atoms with van der Waals surface area (Å²) in [5.74, 6) is 0.360. The minimum Gasteiger partial charge on any atom is -0.450 e. The van der Waals surface area contributed by atoms with E-state index in [1.165, 1.54) is 0 Å². The molecule has 2 heterocycles. The lowest BCUT2D eigenvalue weighted by Gasteiger charge is -2.08. The van der Waals surface area contributed by atoms with Gasteiger partial charge in [0.1, 0.15) is 0 Å². The first-order valence-electron chi connectivity index (χ1n) is 10.5. The number of aryl methyl sites for hydroxylation is 1. The second-order valence-electron chi connectivity index (χ2n) is 7.34. The van der Waals surface area contributed by atoms with Crippen molar-refractivity contribution in [3.8, 4) is 11.1 Å². The standard InChI is InChI=1S/C24H23ClN6O2/c1-26-21-20-22(30-23(25)29-21)31(16-28-20)13-5-6-14-33-24(32)27-15-17-9-11-19(12-10-17)18-7-3-2-4-8-18/h2-4,7-12,16H,1,5-6,13-15H2,(H,27,32). The Hall–Kier alpha value is -3.78. The fourth-order valence-electron chi connectivity index (χ4n) is 3.40. The van der Waals surface area contributed by atoms with E-state index in [2.05, 4.69) is 44.1 Å². The lowest BCUT2D eigenvalue weighted by Crippen LogP contribution is -2.24. The predicted octanol–water partition coefficient (Wildman–Crippen LogP) is 5.19. The number of amides is 1. The highest BCUT2D eigenvalue weighted by Crippen LogP contribution is 2.23.